The Kier molecular flexibility index (Phi) is 5.59. The monoisotopic (exact) mass is 484 g/mol. The maximum Gasteiger partial charge on any atom is 0.279 e. The van der Waals surface area contributed by atoms with Crippen LogP contribution in [0.1, 0.15) is 0 Å². The second kappa shape index (κ2) is 8.01. The number of aromatic nitrogens is 1. The average Bonchev–Trinajstić information content (AvgIpc) is 3.09. The lowest BCUT2D eigenvalue weighted by Crippen LogP contribution is -2.12. The van der Waals surface area contributed by atoms with Crippen LogP contribution in [0.25, 0.3) is 10.2 Å². The van der Waals surface area contributed by atoms with Crippen molar-refractivity contribution in [2.24, 2.45) is 0 Å². The lowest BCUT2D eigenvalue weighted by Gasteiger charge is -2.12. The van der Waals surface area contributed by atoms with Gasteiger partial charge in [0, 0.05) is 0 Å². The van der Waals surface area contributed by atoms with Crippen molar-refractivity contribution >= 4 is 72.1 Å². The van der Waals surface area contributed by atoms with E-state index < -0.39 is 10.0 Å². The first-order valence-corrected chi connectivity index (χ1v) is 11.6. The Hall–Kier alpha value is -2.03. The lowest BCUT2D eigenvalue weighted by atomic mass is 10.3. The summed E-state index contributed by atoms with van der Waals surface area (Å²) in [7, 11) is -3.77. The molecule has 5 nitrogen and oxygen atoms in total. The highest BCUT2D eigenvalue weighted by molar-refractivity contribution is 7.92. The number of thiazole rings is 1. The molecule has 0 bridgehead atoms. The van der Waals surface area contributed by atoms with E-state index in [9.17, 15) is 8.42 Å². The summed E-state index contributed by atoms with van der Waals surface area (Å²) in [6.07, 6.45) is 0. The van der Waals surface area contributed by atoms with E-state index in [-0.39, 0.29) is 26.4 Å². The first-order valence-electron chi connectivity index (χ1n) is 8.13. The number of hydrogen-bond acceptors (Lipinski definition) is 5. The fourth-order valence-corrected chi connectivity index (χ4v) is 5.30. The zero-order valence-corrected chi connectivity index (χ0v) is 18.3. The number of halogens is 3. The van der Waals surface area contributed by atoms with E-state index in [1.54, 1.807) is 24.3 Å². The predicted octanol–water partition coefficient (Wildman–Crippen LogP) is 6.85. The van der Waals surface area contributed by atoms with Crippen molar-refractivity contribution in [2.75, 3.05) is 4.72 Å². The Morgan fingerprint density at radius 3 is 2.24 bits per heavy atom. The van der Waals surface area contributed by atoms with Crippen molar-refractivity contribution in [3.05, 3.63) is 75.7 Å². The van der Waals surface area contributed by atoms with Gasteiger partial charge in [0.25, 0.3) is 15.2 Å². The van der Waals surface area contributed by atoms with Gasteiger partial charge >= 0.3 is 0 Å². The number of fused-ring (bicyclic) bond motifs is 1. The van der Waals surface area contributed by atoms with Crippen molar-refractivity contribution in [1.29, 1.82) is 0 Å². The molecule has 0 aliphatic rings. The van der Waals surface area contributed by atoms with Gasteiger partial charge in [0.2, 0.25) is 0 Å². The third-order valence-electron chi connectivity index (χ3n) is 3.84. The zero-order chi connectivity index (χ0) is 20.6. The second-order valence-corrected chi connectivity index (χ2v) is 9.75. The van der Waals surface area contributed by atoms with Crippen LogP contribution in [0.2, 0.25) is 15.1 Å². The predicted molar refractivity (Wildman–Crippen MR) is 118 cm³/mol. The molecule has 0 atom stereocenters. The minimum Gasteiger partial charge on any atom is -0.428 e. The number of nitrogens with zero attached hydrogens (tertiary/aromatic N) is 1. The fourth-order valence-electron chi connectivity index (χ4n) is 2.56. The molecule has 4 aromatic rings. The number of anilines is 1. The van der Waals surface area contributed by atoms with E-state index >= 15 is 0 Å². The molecule has 1 heterocycles. The molecule has 0 amide bonds. The van der Waals surface area contributed by atoms with Gasteiger partial charge in [0.1, 0.15) is 5.52 Å². The SMILES string of the molecule is O=S(=O)(Nc1cc(Cl)c(Oc2nc3c(Cl)cccc3s2)c(Cl)c1)c1ccccc1. The van der Waals surface area contributed by atoms with Crippen LogP contribution >= 0.6 is 46.1 Å². The molecular weight excluding hydrogens is 475 g/mol. The van der Waals surface area contributed by atoms with Gasteiger partial charge in [-0.2, -0.15) is 0 Å². The first-order chi connectivity index (χ1) is 13.8. The van der Waals surface area contributed by atoms with Gasteiger partial charge < -0.3 is 4.74 Å². The van der Waals surface area contributed by atoms with Gasteiger partial charge in [-0.25, -0.2) is 13.4 Å². The molecule has 0 spiro atoms. The lowest BCUT2D eigenvalue weighted by molar-refractivity contribution is 0.481. The van der Waals surface area contributed by atoms with E-state index in [0.717, 1.165) is 4.70 Å². The summed E-state index contributed by atoms with van der Waals surface area (Å²) in [5, 5.41) is 1.09. The van der Waals surface area contributed by atoms with Gasteiger partial charge in [0.15, 0.2) is 5.75 Å². The molecule has 0 saturated carbocycles. The standard InChI is InChI=1S/C19H11Cl3N2O3S2/c20-13-7-4-8-16-17(13)23-19(28-16)27-18-14(21)9-11(10-15(18)22)24-29(25,26)12-5-2-1-3-6-12/h1-10,24H. The molecule has 148 valence electrons. The van der Waals surface area contributed by atoms with Crippen molar-refractivity contribution in [1.82, 2.24) is 4.98 Å². The molecule has 10 heteroatoms. The highest BCUT2D eigenvalue weighted by Crippen LogP contribution is 2.41. The van der Waals surface area contributed by atoms with Crippen molar-refractivity contribution in [3.63, 3.8) is 0 Å². The molecule has 29 heavy (non-hydrogen) atoms. The minimum absolute atomic E-state index is 0.124. The number of benzene rings is 3. The fraction of sp³-hybridized carbons (Fsp3) is 0. The summed E-state index contributed by atoms with van der Waals surface area (Å²) >= 11 is 20.0. The Morgan fingerprint density at radius 1 is 0.897 bits per heavy atom. The normalized spacial score (nSPS) is 11.6. The molecule has 0 saturated heterocycles. The molecule has 4 rings (SSSR count). The summed E-state index contributed by atoms with van der Waals surface area (Å²) < 4.78 is 34.0. The summed E-state index contributed by atoms with van der Waals surface area (Å²) in [4.78, 5) is 4.47. The number of nitrogens with one attached hydrogen (secondary N) is 1. The summed E-state index contributed by atoms with van der Waals surface area (Å²) in [5.41, 5.74) is 0.831. The second-order valence-electron chi connectivity index (χ2n) is 5.86. The van der Waals surface area contributed by atoms with Crippen LogP contribution in [0.5, 0.6) is 10.9 Å². The number of ether oxygens (including phenoxy) is 1. The summed E-state index contributed by atoms with van der Waals surface area (Å²) in [6, 6.07) is 16.2. The van der Waals surface area contributed by atoms with Gasteiger partial charge in [-0.15, -0.1) is 0 Å². The number of rotatable bonds is 5. The molecule has 0 aliphatic heterocycles. The molecule has 3 aromatic carbocycles. The minimum atomic E-state index is -3.77. The first kappa shape index (κ1) is 20.3. The van der Waals surface area contributed by atoms with Crippen LogP contribution in [0, 0.1) is 0 Å². The highest BCUT2D eigenvalue weighted by atomic mass is 35.5. The Labute approximate surface area is 185 Å². The average molecular weight is 486 g/mol. The molecular formula is C19H11Cl3N2O3S2. The van der Waals surface area contributed by atoms with Crippen molar-refractivity contribution in [2.45, 2.75) is 4.90 Å². The van der Waals surface area contributed by atoms with Crippen LogP contribution in [0.15, 0.2) is 65.6 Å². The van der Waals surface area contributed by atoms with Gasteiger partial charge in [-0.05, 0) is 36.4 Å². The number of sulfonamides is 1. The van der Waals surface area contributed by atoms with Crippen LogP contribution in [0.4, 0.5) is 5.69 Å². The molecule has 0 aliphatic carbocycles. The zero-order valence-electron chi connectivity index (χ0n) is 14.4. The Balaban J connectivity index is 1.62. The van der Waals surface area contributed by atoms with Gasteiger partial charge in [0.05, 0.1) is 30.4 Å². The van der Waals surface area contributed by atoms with Gasteiger partial charge in [-0.1, -0.05) is 70.4 Å². The number of para-hydroxylation sites is 1. The summed E-state index contributed by atoms with van der Waals surface area (Å²) in [5.74, 6) is 0.172. The topological polar surface area (TPSA) is 68.3 Å². The van der Waals surface area contributed by atoms with Crippen molar-refractivity contribution in [3.8, 4) is 10.9 Å². The molecule has 1 aromatic heterocycles. The smallest absolute Gasteiger partial charge is 0.279 e. The van der Waals surface area contributed by atoms with E-state index in [0.29, 0.717) is 15.7 Å². The maximum absolute atomic E-state index is 12.5. The largest absolute Gasteiger partial charge is 0.428 e. The molecule has 0 fully saturated rings. The van der Waals surface area contributed by atoms with Crippen LogP contribution < -0.4 is 9.46 Å². The van der Waals surface area contributed by atoms with E-state index in [1.165, 1.54) is 35.6 Å². The molecule has 0 radical (unpaired) electrons. The maximum atomic E-state index is 12.5. The van der Waals surface area contributed by atoms with Crippen molar-refractivity contribution < 1.29 is 13.2 Å². The summed E-state index contributed by atoms with van der Waals surface area (Å²) in [6.45, 7) is 0. The van der Waals surface area contributed by atoms with Crippen LogP contribution in [-0.2, 0) is 10.0 Å². The van der Waals surface area contributed by atoms with E-state index in [2.05, 4.69) is 9.71 Å². The van der Waals surface area contributed by atoms with Gasteiger partial charge in [-0.3, -0.25) is 4.72 Å². The Morgan fingerprint density at radius 2 is 1.59 bits per heavy atom. The number of hydrogen-bond donors (Lipinski definition) is 1. The quantitative estimate of drug-likeness (QED) is 0.336. The molecule has 0 unspecified atom stereocenters. The third kappa shape index (κ3) is 4.29. The highest BCUT2D eigenvalue weighted by Gasteiger charge is 2.18. The van der Waals surface area contributed by atoms with Crippen LogP contribution in [-0.4, -0.2) is 13.4 Å². The van der Waals surface area contributed by atoms with E-state index in [1.807, 2.05) is 12.1 Å². The third-order valence-corrected chi connectivity index (χ3v) is 7.01. The molecule has 1 N–H and O–H groups in total. The Bertz CT molecular complexity index is 1290. The van der Waals surface area contributed by atoms with Crippen LogP contribution in [0.3, 0.4) is 0 Å². The van der Waals surface area contributed by atoms with E-state index in [4.69, 9.17) is 39.5 Å².